The Hall–Kier alpha value is -3.03. The fourth-order valence-corrected chi connectivity index (χ4v) is 7.29. The number of hydrogen-bond donors (Lipinski definition) is 1. The van der Waals surface area contributed by atoms with E-state index in [0.29, 0.717) is 30.6 Å². The number of phenolic OH excluding ortho intramolecular Hbond substituents is 1. The molecule has 0 radical (unpaired) electrons. The summed E-state index contributed by atoms with van der Waals surface area (Å²) in [6, 6.07) is 11.2. The Morgan fingerprint density at radius 3 is 2.38 bits per heavy atom. The molecule has 3 atom stereocenters. The van der Waals surface area contributed by atoms with Gasteiger partial charge in [-0.25, -0.2) is 4.39 Å². The zero-order chi connectivity index (χ0) is 29.9. The molecule has 2 aromatic rings. The van der Waals surface area contributed by atoms with Gasteiger partial charge in [0, 0.05) is 18.5 Å². The van der Waals surface area contributed by atoms with E-state index < -0.39 is 0 Å². The maximum Gasteiger partial charge on any atom is 0.165 e. The summed E-state index contributed by atoms with van der Waals surface area (Å²) in [6.45, 7) is 4.07. The molecule has 0 saturated heterocycles. The normalized spacial score (nSPS) is 23.4. The van der Waals surface area contributed by atoms with Gasteiger partial charge in [0.05, 0.1) is 19.8 Å². The third kappa shape index (κ3) is 6.32. The van der Waals surface area contributed by atoms with Gasteiger partial charge in [0.25, 0.3) is 0 Å². The van der Waals surface area contributed by atoms with E-state index in [9.17, 15) is 5.11 Å². The minimum absolute atomic E-state index is 0.0138. The zero-order valence-electron chi connectivity index (χ0n) is 25.9. The van der Waals surface area contributed by atoms with Gasteiger partial charge >= 0.3 is 0 Å². The molecular weight excluding hydrogens is 531 g/mol. The minimum atomic E-state index is -0.308. The average molecular weight is 579 g/mol. The van der Waals surface area contributed by atoms with Crippen molar-refractivity contribution in [1.29, 1.82) is 0 Å². The molecule has 1 fully saturated rings. The first-order chi connectivity index (χ1) is 20.3. The number of benzene rings is 2. The Balaban J connectivity index is 1.34. The number of nitrogens with zero attached hydrogens (tertiary/aromatic N) is 2. The Morgan fingerprint density at radius 1 is 0.976 bits per heavy atom. The third-order valence-corrected chi connectivity index (χ3v) is 9.93. The lowest BCUT2D eigenvalue weighted by Crippen LogP contribution is -2.46. The van der Waals surface area contributed by atoms with E-state index in [1.54, 1.807) is 32.4 Å². The molecule has 0 spiro atoms. The first-order valence-electron chi connectivity index (χ1n) is 15.4. The molecule has 228 valence electrons. The molecule has 2 aromatic carbocycles. The number of fused-ring (bicyclic) bond motifs is 1. The second-order valence-corrected chi connectivity index (χ2v) is 12.4. The van der Waals surface area contributed by atoms with E-state index in [0.717, 1.165) is 55.7 Å². The van der Waals surface area contributed by atoms with Gasteiger partial charge in [0.1, 0.15) is 12.4 Å². The molecule has 7 heteroatoms. The van der Waals surface area contributed by atoms with E-state index >= 15 is 4.39 Å². The van der Waals surface area contributed by atoms with Crippen molar-refractivity contribution in [2.45, 2.75) is 70.0 Å². The highest BCUT2D eigenvalue weighted by Crippen LogP contribution is 2.40. The third-order valence-electron chi connectivity index (χ3n) is 9.93. The van der Waals surface area contributed by atoms with Crippen LogP contribution >= 0.6 is 0 Å². The molecule has 42 heavy (non-hydrogen) atoms. The Labute approximate surface area is 250 Å². The van der Waals surface area contributed by atoms with Crippen LogP contribution in [-0.2, 0) is 28.9 Å². The highest BCUT2D eigenvalue weighted by atomic mass is 19.1. The van der Waals surface area contributed by atoms with Crippen molar-refractivity contribution in [3.8, 4) is 11.5 Å². The maximum atomic E-state index is 15.4. The number of phenols is 1. The van der Waals surface area contributed by atoms with Crippen LogP contribution in [0.3, 0.4) is 0 Å². The first kappa shape index (κ1) is 30.4. The summed E-state index contributed by atoms with van der Waals surface area (Å²) in [5, 5.41) is 9.97. The molecule has 1 saturated carbocycles. The highest BCUT2D eigenvalue weighted by molar-refractivity contribution is 5.38. The lowest BCUT2D eigenvalue weighted by Gasteiger charge is -2.41. The fourth-order valence-electron chi connectivity index (χ4n) is 7.29. The van der Waals surface area contributed by atoms with E-state index in [4.69, 9.17) is 14.2 Å². The number of ether oxygens (including phenoxy) is 3. The largest absolute Gasteiger partial charge is 0.508 e. The Kier molecular flexibility index (Phi) is 9.48. The van der Waals surface area contributed by atoms with Gasteiger partial charge in [-0.1, -0.05) is 31.9 Å². The predicted molar refractivity (Wildman–Crippen MR) is 164 cm³/mol. The highest BCUT2D eigenvalue weighted by Gasteiger charge is 2.38. The van der Waals surface area contributed by atoms with Crippen LogP contribution < -0.4 is 4.74 Å². The van der Waals surface area contributed by atoms with E-state index in [1.165, 1.54) is 24.0 Å². The van der Waals surface area contributed by atoms with Crippen LogP contribution in [0.1, 0.15) is 55.7 Å². The van der Waals surface area contributed by atoms with Crippen molar-refractivity contribution in [1.82, 2.24) is 9.80 Å². The van der Waals surface area contributed by atoms with Gasteiger partial charge < -0.3 is 24.2 Å². The molecule has 0 aromatic heterocycles. The van der Waals surface area contributed by atoms with Crippen LogP contribution in [0.15, 0.2) is 60.1 Å². The molecule has 3 aliphatic rings. The Morgan fingerprint density at radius 2 is 1.71 bits per heavy atom. The molecular formula is C35H47FN2O4. The predicted octanol–water partition coefficient (Wildman–Crippen LogP) is 6.47. The van der Waals surface area contributed by atoms with Gasteiger partial charge in [-0.3, -0.25) is 4.90 Å². The van der Waals surface area contributed by atoms with Crippen LogP contribution in [0.4, 0.5) is 4.39 Å². The van der Waals surface area contributed by atoms with Crippen LogP contribution in [-0.4, -0.2) is 68.0 Å². The molecule has 2 unspecified atom stereocenters. The number of methoxy groups -OCH3 is 2. The number of halogens is 1. The molecule has 0 amide bonds. The van der Waals surface area contributed by atoms with E-state index in [1.807, 2.05) is 12.1 Å². The monoisotopic (exact) mass is 578 g/mol. The summed E-state index contributed by atoms with van der Waals surface area (Å²) in [6.07, 6.45) is 11.8. The summed E-state index contributed by atoms with van der Waals surface area (Å²) < 4.78 is 32.9. The number of likely N-dealkylation sites (N-methyl/N-ethyl adjacent to an activating group) is 2. The standard InChI is InChI=1S/C35H47FN2O4/c1-6-38(22-24-9-14-32(30(36)17-24)42-23-35(37(2)3)15-7-8-16-35)31-21-34(41-5)33(40-4)20-29(31)27-11-10-26-19-28(39)13-12-25(26)18-27/h9,12-14,17,19-21,27,29,31,39H,6-8,10-11,15-16,18,22-23H2,1-5H3/t27-,29?,31?/m1/s1. The summed E-state index contributed by atoms with van der Waals surface area (Å²) in [5.74, 6) is 2.43. The number of hydrogen-bond acceptors (Lipinski definition) is 6. The van der Waals surface area contributed by atoms with Crippen LogP contribution in [0.2, 0.25) is 0 Å². The second-order valence-electron chi connectivity index (χ2n) is 12.4. The molecule has 5 rings (SSSR count). The lowest BCUT2D eigenvalue weighted by molar-refractivity contribution is 0.0842. The van der Waals surface area contributed by atoms with Crippen LogP contribution in [0, 0.1) is 17.7 Å². The number of aromatic hydroxyl groups is 1. The van der Waals surface area contributed by atoms with E-state index in [-0.39, 0.29) is 23.3 Å². The molecule has 6 nitrogen and oxygen atoms in total. The van der Waals surface area contributed by atoms with Crippen molar-refractivity contribution >= 4 is 0 Å². The molecule has 0 bridgehead atoms. The maximum absolute atomic E-state index is 15.4. The van der Waals surface area contributed by atoms with Crippen molar-refractivity contribution in [2.24, 2.45) is 11.8 Å². The Bertz CT molecular complexity index is 1300. The SMILES string of the molecule is CCN(Cc1ccc(OCC2(N(C)C)CCCC2)c(F)c1)C1C=C(OC)C(OC)=CC1[C@@H]1CCc2cc(O)ccc2C1. The minimum Gasteiger partial charge on any atom is -0.508 e. The fraction of sp³-hybridized carbons (Fsp3) is 0.543. The zero-order valence-corrected chi connectivity index (χ0v) is 25.9. The lowest BCUT2D eigenvalue weighted by atomic mass is 9.72. The average Bonchev–Trinajstić information content (AvgIpc) is 3.49. The second kappa shape index (κ2) is 13.1. The van der Waals surface area contributed by atoms with Crippen LogP contribution in [0.25, 0.3) is 0 Å². The smallest absolute Gasteiger partial charge is 0.165 e. The van der Waals surface area contributed by atoms with Gasteiger partial charge in [0.2, 0.25) is 0 Å². The van der Waals surface area contributed by atoms with Gasteiger partial charge in [-0.2, -0.15) is 0 Å². The van der Waals surface area contributed by atoms with Crippen molar-refractivity contribution < 1.29 is 23.7 Å². The first-order valence-corrected chi connectivity index (χ1v) is 15.4. The summed E-state index contributed by atoms with van der Waals surface area (Å²) >= 11 is 0. The molecule has 0 heterocycles. The molecule has 3 aliphatic carbocycles. The van der Waals surface area contributed by atoms with Crippen molar-refractivity contribution in [3.63, 3.8) is 0 Å². The van der Waals surface area contributed by atoms with Gasteiger partial charge in [-0.05, 0) is 112 Å². The number of rotatable bonds is 11. The summed E-state index contributed by atoms with van der Waals surface area (Å²) in [5.41, 5.74) is 3.44. The topological polar surface area (TPSA) is 54.4 Å². The molecule has 1 N–H and O–H groups in total. The van der Waals surface area contributed by atoms with E-state index in [2.05, 4.69) is 49.0 Å². The van der Waals surface area contributed by atoms with Gasteiger partial charge in [-0.15, -0.1) is 0 Å². The number of aryl methyl sites for hydroxylation is 1. The van der Waals surface area contributed by atoms with Crippen molar-refractivity contribution in [3.05, 3.63) is 82.6 Å². The molecule has 0 aliphatic heterocycles. The van der Waals surface area contributed by atoms with Crippen LogP contribution in [0.5, 0.6) is 11.5 Å². The summed E-state index contributed by atoms with van der Waals surface area (Å²) in [4.78, 5) is 4.64. The quantitative estimate of drug-likeness (QED) is 0.330. The van der Waals surface area contributed by atoms with Gasteiger partial charge in [0.15, 0.2) is 23.1 Å². The van der Waals surface area contributed by atoms with Crippen molar-refractivity contribution in [2.75, 3.05) is 41.5 Å². The summed E-state index contributed by atoms with van der Waals surface area (Å²) in [7, 11) is 7.55.